The minimum atomic E-state index is -3.54. The lowest BCUT2D eigenvalue weighted by atomic mass is 9.92. The molecule has 1 aromatic carbocycles. The molecule has 0 saturated carbocycles. The molecule has 1 aliphatic carbocycles. The van der Waals surface area contributed by atoms with Gasteiger partial charge in [-0.1, -0.05) is 6.07 Å². The topological polar surface area (TPSA) is 97.2 Å². The predicted octanol–water partition coefficient (Wildman–Crippen LogP) is -0.274. The highest BCUT2D eigenvalue weighted by molar-refractivity contribution is 7.89. The molecule has 2 amide bonds. The van der Waals surface area contributed by atoms with Gasteiger partial charge in [-0.3, -0.25) is 10.1 Å². The Morgan fingerprint density at radius 2 is 1.79 bits per heavy atom. The van der Waals surface area contributed by atoms with Gasteiger partial charge >= 0.3 is 6.09 Å². The summed E-state index contributed by atoms with van der Waals surface area (Å²) in [5.74, 6) is -0.423. The van der Waals surface area contributed by atoms with Crippen molar-refractivity contribution in [2.24, 2.45) is 0 Å². The quantitative estimate of drug-likeness (QED) is 0.712. The minimum Gasteiger partial charge on any atom is -0.453 e. The van der Waals surface area contributed by atoms with Gasteiger partial charge in [0.1, 0.15) is 0 Å². The Balaban J connectivity index is 1.64. The molecular formula is C19H28N3O5S+. The third-order valence-electron chi connectivity index (χ3n) is 5.74. The van der Waals surface area contributed by atoms with Crippen LogP contribution in [0.4, 0.5) is 4.79 Å². The number of nitrogens with one attached hydrogen (secondary N) is 2. The largest absolute Gasteiger partial charge is 0.453 e. The standard InChI is InChI=1S/C19H27N3O5S/c1-14(18(23)20-19(24)27-2)21-9-11-22(12-10-21)28(25,26)17-8-7-15-5-3-4-6-16(15)13-17/h7-8,13-14H,3-6,9-12H2,1-2H3,(H,20,23,24)/p+1/t14-/m0/s1. The molecule has 154 valence electrons. The maximum absolute atomic E-state index is 13.0. The summed E-state index contributed by atoms with van der Waals surface area (Å²) in [6.07, 6.45) is 3.42. The first kappa shape index (κ1) is 20.8. The van der Waals surface area contributed by atoms with E-state index in [2.05, 4.69) is 10.1 Å². The number of sulfonamides is 1. The van der Waals surface area contributed by atoms with Crippen LogP contribution in [0.3, 0.4) is 0 Å². The molecule has 1 fully saturated rings. The number of nitrogens with zero attached hydrogens (tertiary/aromatic N) is 1. The van der Waals surface area contributed by atoms with Crippen LogP contribution in [-0.2, 0) is 32.4 Å². The van der Waals surface area contributed by atoms with Crippen LogP contribution in [0, 0.1) is 0 Å². The molecule has 1 aliphatic heterocycles. The molecule has 2 N–H and O–H groups in total. The summed E-state index contributed by atoms with van der Waals surface area (Å²) in [7, 11) is -2.34. The van der Waals surface area contributed by atoms with Gasteiger partial charge in [0.15, 0.2) is 6.04 Å². The smallest absolute Gasteiger partial charge is 0.413 e. The summed E-state index contributed by atoms with van der Waals surface area (Å²) in [4.78, 5) is 24.6. The molecule has 1 aromatic rings. The number of rotatable bonds is 4. The van der Waals surface area contributed by atoms with E-state index in [-0.39, 0.29) is 0 Å². The van der Waals surface area contributed by atoms with Crippen molar-refractivity contribution in [2.75, 3.05) is 33.3 Å². The number of benzene rings is 1. The van der Waals surface area contributed by atoms with Crippen molar-refractivity contribution in [1.82, 2.24) is 9.62 Å². The van der Waals surface area contributed by atoms with E-state index < -0.39 is 28.1 Å². The van der Waals surface area contributed by atoms with Gasteiger partial charge in [0.05, 0.1) is 38.2 Å². The van der Waals surface area contributed by atoms with Crippen LogP contribution < -0.4 is 10.2 Å². The van der Waals surface area contributed by atoms with Gasteiger partial charge in [0, 0.05) is 0 Å². The van der Waals surface area contributed by atoms with Crippen molar-refractivity contribution in [1.29, 1.82) is 0 Å². The van der Waals surface area contributed by atoms with Crippen molar-refractivity contribution >= 4 is 22.0 Å². The molecule has 9 heteroatoms. The molecule has 0 spiro atoms. The number of piperazine rings is 1. The van der Waals surface area contributed by atoms with Crippen LogP contribution in [0.1, 0.15) is 30.9 Å². The van der Waals surface area contributed by atoms with Crippen molar-refractivity contribution < 1.29 is 27.6 Å². The van der Waals surface area contributed by atoms with Gasteiger partial charge < -0.3 is 9.64 Å². The summed E-state index contributed by atoms with van der Waals surface area (Å²) >= 11 is 0. The van der Waals surface area contributed by atoms with Crippen LogP contribution in [0.5, 0.6) is 0 Å². The van der Waals surface area contributed by atoms with E-state index in [1.54, 1.807) is 13.0 Å². The number of imide groups is 1. The number of aryl methyl sites for hydroxylation is 2. The first-order valence-electron chi connectivity index (χ1n) is 9.68. The SMILES string of the molecule is COC(=O)NC(=O)[C@H](C)[NH+]1CCN(S(=O)(=O)c2ccc3c(c2)CCCC3)CC1. The molecule has 1 saturated heterocycles. The van der Waals surface area contributed by atoms with Crippen LogP contribution in [-0.4, -0.2) is 64.1 Å². The van der Waals surface area contributed by atoms with Gasteiger partial charge in [-0.05, 0) is 55.9 Å². The lowest BCUT2D eigenvalue weighted by molar-refractivity contribution is -0.917. The van der Waals surface area contributed by atoms with E-state index in [0.717, 1.165) is 36.1 Å². The summed E-state index contributed by atoms with van der Waals surface area (Å²) in [5, 5.41) is 2.17. The van der Waals surface area contributed by atoms with Gasteiger partial charge in [-0.25, -0.2) is 13.2 Å². The van der Waals surface area contributed by atoms with E-state index in [0.29, 0.717) is 31.1 Å². The van der Waals surface area contributed by atoms with Crippen LogP contribution >= 0.6 is 0 Å². The Labute approximate surface area is 165 Å². The molecule has 2 aliphatic rings. The minimum absolute atomic E-state index is 0.338. The van der Waals surface area contributed by atoms with Crippen LogP contribution in [0.15, 0.2) is 23.1 Å². The molecule has 0 bridgehead atoms. The predicted molar refractivity (Wildman–Crippen MR) is 103 cm³/mol. The fraction of sp³-hybridized carbons (Fsp3) is 0.579. The van der Waals surface area contributed by atoms with Gasteiger partial charge in [-0.2, -0.15) is 4.31 Å². The Kier molecular flexibility index (Phi) is 6.36. The van der Waals surface area contributed by atoms with E-state index >= 15 is 0 Å². The Morgan fingerprint density at radius 1 is 1.14 bits per heavy atom. The number of ether oxygens (including phenoxy) is 1. The number of fused-ring (bicyclic) bond motifs is 1. The number of hydrogen-bond donors (Lipinski definition) is 2. The second kappa shape index (κ2) is 8.59. The van der Waals surface area contributed by atoms with E-state index in [1.165, 1.54) is 17.0 Å². The maximum Gasteiger partial charge on any atom is 0.413 e. The lowest BCUT2D eigenvalue weighted by Gasteiger charge is -2.34. The summed E-state index contributed by atoms with van der Waals surface area (Å²) in [5.41, 5.74) is 2.40. The number of quaternary nitrogens is 1. The highest BCUT2D eigenvalue weighted by Crippen LogP contribution is 2.25. The molecule has 8 nitrogen and oxygen atoms in total. The number of methoxy groups -OCH3 is 1. The van der Waals surface area contributed by atoms with Crippen LogP contribution in [0.2, 0.25) is 0 Å². The van der Waals surface area contributed by atoms with Gasteiger partial charge in [0.2, 0.25) is 10.0 Å². The number of amides is 2. The van der Waals surface area contributed by atoms with E-state index in [4.69, 9.17) is 0 Å². The fourth-order valence-corrected chi connectivity index (χ4v) is 5.40. The Hall–Kier alpha value is -1.97. The second-order valence-electron chi connectivity index (χ2n) is 7.40. The first-order valence-corrected chi connectivity index (χ1v) is 11.1. The monoisotopic (exact) mass is 410 g/mol. The zero-order chi connectivity index (χ0) is 20.3. The van der Waals surface area contributed by atoms with Gasteiger partial charge in [0.25, 0.3) is 5.91 Å². The average Bonchev–Trinajstić information content (AvgIpc) is 2.72. The van der Waals surface area contributed by atoms with Crippen LogP contribution in [0.25, 0.3) is 0 Å². The zero-order valence-corrected chi connectivity index (χ0v) is 17.2. The Morgan fingerprint density at radius 3 is 2.43 bits per heavy atom. The normalized spacial score (nSPS) is 19.5. The average molecular weight is 411 g/mol. The lowest BCUT2D eigenvalue weighted by Crippen LogP contribution is -3.19. The highest BCUT2D eigenvalue weighted by atomic mass is 32.2. The summed E-state index contributed by atoms with van der Waals surface area (Å²) in [6.45, 7) is 3.40. The summed E-state index contributed by atoms with van der Waals surface area (Å²) < 4.78 is 32.0. The molecule has 3 rings (SSSR count). The van der Waals surface area contributed by atoms with Crippen molar-refractivity contribution in [2.45, 2.75) is 43.5 Å². The number of hydrogen-bond acceptors (Lipinski definition) is 5. The molecule has 0 aromatic heterocycles. The molecule has 1 atom stereocenters. The number of carbonyl (C=O) groups is 2. The number of alkyl carbamates (subject to hydrolysis) is 1. The van der Waals surface area contributed by atoms with E-state index in [9.17, 15) is 18.0 Å². The van der Waals surface area contributed by atoms with E-state index in [1.807, 2.05) is 12.1 Å². The molecular weight excluding hydrogens is 382 g/mol. The first-order chi connectivity index (χ1) is 13.3. The molecule has 1 heterocycles. The highest BCUT2D eigenvalue weighted by Gasteiger charge is 2.35. The van der Waals surface area contributed by atoms with Crippen molar-refractivity contribution in [3.05, 3.63) is 29.3 Å². The summed E-state index contributed by atoms with van der Waals surface area (Å²) in [6, 6.07) is 5.02. The Bertz CT molecular complexity index is 847. The van der Waals surface area contributed by atoms with Crippen molar-refractivity contribution in [3.63, 3.8) is 0 Å². The molecule has 0 radical (unpaired) electrons. The zero-order valence-electron chi connectivity index (χ0n) is 16.4. The van der Waals surface area contributed by atoms with Crippen molar-refractivity contribution in [3.8, 4) is 0 Å². The third kappa shape index (κ3) is 4.37. The maximum atomic E-state index is 13.0. The third-order valence-corrected chi connectivity index (χ3v) is 7.63. The number of carbonyl (C=O) groups excluding carboxylic acids is 2. The van der Waals surface area contributed by atoms with Gasteiger partial charge in [-0.15, -0.1) is 0 Å². The molecule has 28 heavy (non-hydrogen) atoms. The molecule has 0 unspecified atom stereocenters. The fourth-order valence-electron chi connectivity index (χ4n) is 3.91. The second-order valence-corrected chi connectivity index (χ2v) is 9.34.